The maximum Gasteiger partial charge on any atom is 4.00 e. The van der Waals surface area contributed by atoms with Gasteiger partial charge in [0.2, 0.25) is 18.6 Å². The number of nitrogens with zero attached hydrogens (tertiary/aromatic N) is 3. The molecule has 5 N–H and O–H groups in total. The van der Waals surface area contributed by atoms with E-state index in [9.17, 15) is 24.3 Å². The van der Waals surface area contributed by atoms with Crippen molar-refractivity contribution in [2.45, 2.75) is 64.2 Å². The summed E-state index contributed by atoms with van der Waals surface area (Å²) in [5.74, 6) is -1.00. The molecule has 4 radical (unpaired) electrons. The number of hydrogen-bond acceptors (Lipinski definition) is 12. The average molecular weight is 968 g/mol. The van der Waals surface area contributed by atoms with Crippen molar-refractivity contribution in [3.63, 3.8) is 0 Å². The van der Waals surface area contributed by atoms with Crippen molar-refractivity contribution >= 4 is 55.6 Å². The number of ether oxygens (including phenoxy) is 2. The van der Waals surface area contributed by atoms with Gasteiger partial charge in [-0.3, -0.25) is 29.3 Å². The standard InChI is InChI=1S/C44H47N7O7.3CO.Tc/c1-30-10-2-3-13-36(30)50-44(56)47-33-18-15-31(16-19-33)24-41(52)48-37(43(55)49-38(26-42(53)54)32-17-20-39-40(25-32)58-29-57-39)14-6-9-23-51(27-34-11-4-7-21-45-34)28-35-12-5-8-22-46-35;3*1-2;/h2-5,7-8,10-13,15-22,25,37-38H,6,9,14,23-24,26-29H2,1H3,(H,48,52)(H,49,55)(H,53,54)(H2,47,50,56);;;;/q;3*-1;+4/t37-,38-;;;;/m0..../s1. The van der Waals surface area contributed by atoms with E-state index in [1.807, 2.05) is 67.6 Å². The summed E-state index contributed by atoms with van der Waals surface area (Å²) in [5.41, 5.74) is 5.22. The van der Waals surface area contributed by atoms with E-state index in [2.05, 4.69) is 56.5 Å². The molecule has 336 valence electrons. The van der Waals surface area contributed by atoms with Gasteiger partial charge in [-0.15, -0.1) is 0 Å². The molecule has 5 aromatic rings. The average Bonchev–Trinajstić information content (AvgIpc) is 3.79. The molecule has 17 nitrogen and oxygen atoms in total. The molecule has 0 saturated heterocycles. The molecule has 0 spiro atoms. The number of unbranched alkanes of at least 4 members (excludes halogenated alkanes) is 1. The summed E-state index contributed by atoms with van der Waals surface area (Å²) in [6, 6.07) is 28.7. The predicted molar refractivity (Wildman–Crippen MR) is 235 cm³/mol. The number of carboxylic acid groups (broad SMARTS) is 1. The Morgan fingerprint density at radius 2 is 1.35 bits per heavy atom. The van der Waals surface area contributed by atoms with Crippen LogP contribution in [0.3, 0.4) is 0 Å². The van der Waals surface area contributed by atoms with Crippen molar-refractivity contribution in [1.29, 1.82) is 0 Å². The van der Waals surface area contributed by atoms with E-state index < -0.39 is 30.0 Å². The molecule has 2 atom stereocenters. The molecule has 3 aromatic carbocycles. The number of aryl methyl sites for hydroxylation is 1. The number of rotatable bonds is 19. The molecule has 0 aliphatic carbocycles. The van der Waals surface area contributed by atoms with E-state index in [0.29, 0.717) is 72.9 Å². The fourth-order valence-corrected chi connectivity index (χ4v) is 6.57. The number of amides is 4. The molecule has 65 heavy (non-hydrogen) atoms. The second-order valence-corrected chi connectivity index (χ2v) is 14.0. The van der Waals surface area contributed by atoms with Crippen molar-refractivity contribution in [3.8, 4) is 11.5 Å². The Kier molecular flexibility index (Phi) is 24.9. The number of hydrogen-bond donors (Lipinski definition) is 5. The van der Waals surface area contributed by atoms with Gasteiger partial charge in [-0.05, 0) is 104 Å². The van der Waals surface area contributed by atoms with Crippen molar-refractivity contribution < 1.29 is 68.2 Å². The minimum Gasteiger partial charge on any atom is -0.573 e. The number of carbonyl (C=O) groups excluding carboxylic acids is 6. The number of aliphatic carboxylic acids is 1. The van der Waals surface area contributed by atoms with Crippen molar-refractivity contribution in [2.24, 2.45) is 0 Å². The van der Waals surface area contributed by atoms with Crippen LogP contribution >= 0.6 is 0 Å². The van der Waals surface area contributed by atoms with Gasteiger partial charge in [0, 0.05) is 36.9 Å². The second kappa shape index (κ2) is 30.0. The zero-order chi connectivity index (χ0) is 46.7. The molecule has 0 fully saturated rings. The molecule has 1 aliphatic heterocycles. The van der Waals surface area contributed by atoms with Crippen LogP contribution in [0, 0.1) is 6.92 Å². The number of aromatic nitrogens is 2. The molecule has 4 amide bonds. The molecule has 18 heteroatoms. The summed E-state index contributed by atoms with van der Waals surface area (Å²) in [6.07, 6.45) is 4.70. The van der Waals surface area contributed by atoms with Gasteiger partial charge < -0.3 is 70.6 Å². The monoisotopic (exact) mass is 966 g/mol. The van der Waals surface area contributed by atoms with E-state index >= 15 is 0 Å². The summed E-state index contributed by atoms with van der Waals surface area (Å²) in [6.45, 7) is 17.3. The fourth-order valence-electron chi connectivity index (χ4n) is 6.57. The molecule has 3 heterocycles. The van der Waals surface area contributed by atoms with Gasteiger partial charge >= 0.3 is 32.1 Å². The molecule has 2 aromatic heterocycles. The van der Waals surface area contributed by atoms with Crippen LogP contribution in [0.1, 0.15) is 59.8 Å². The molecule has 1 aliphatic rings. The van der Waals surface area contributed by atoms with Crippen LogP contribution in [-0.2, 0) is 68.4 Å². The zero-order valence-corrected chi connectivity index (χ0v) is 37.2. The van der Waals surface area contributed by atoms with Gasteiger partial charge in [-0.1, -0.05) is 48.5 Å². The molecular weight excluding hydrogens is 921 g/mol. The summed E-state index contributed by atoms with van der Waals surface area (Å²) in [7, 11) is 0. The number of anilines is 2. The third-order valence-corrected chi connectivity index (χ3v) is 9.56. The van der Waals surface area contributed by atoms with Crippen LogP contribution in [0.15, 0.2) is 116 Å². The van der Waals surface area contributed by atoms with E-state index in [0.717, 1.165) is 17.0 Å². The van der Waals surface area contributed by atoms with Crippen molar-refractivity contribution in [1.82, 2.24) is 25.5 Å². The van der Waals surface area contributed by atoms with Gasteiger partial charge in [-0.25, -0.2) is 4.79 Å². The molecule has 0 bridgehead atoms. The normalized spacial score (nSPS) is 11.5. The SMILES string of the molecule is Cc1ccccc1NC(=O)Nc1ccc(CC(=O)N[C@@H](CCCCN(Cc2ccccn2)Cc2ccccn2)C(=O)N[C@@H](CC(=O)O)c2ccc3c(c2)OCO3)cc1.[C-]=O.[C-]=O.[C-]=O.[Tc+4]. The molecule has 6 rings (SSSR count). The van der Waals surface area contributed by atoms with Crippen LogP contribution in [0.2, 0.25) is 0 Å². The Balaban J connectivity index is 0.00000199. The number of carbonyl (C=O) groups is 4. The van der Waals surface area contributed by atoms with Gasteiger partial charge in [-0.2, -0.15) is 0 Å². The molecule has 0 unspecified atom stereocenters. The summed E-state index contributed by atoms with van der Waals surface area (Å²) in [5, 5.41) is 21.2. The quantitative estimate of drug-likeness (QED) is 0.0530. The summed E-state index contributed by atoms with van der Waals surface area (Å²) in [4.78, 5) is 85.8. The maximum atomic E-state index is 14.0. The Morgan fingerprint density at radius 1 is 0.738 bits per heavy atom. The van der Waals surface area contributed by atoms with Crippen molar-refractivity contribution in [2.75, 3.05) is 24.0 Å². The number of benzene rings is 3. The third kappa shape index (κ3) is 18.6. The Labute approximate surface area is 391 Å². The van der Waals surface area contributed by atoms with Crippen LogP contribution in [-0.4, -0.2) is 83.5 Å². The Bertz CT molecular complexity index is 2180. The summed E-state index contributed by atoms with van der Waals surface area (Å²) < 4.78 is 10.9. The minimum absolute atomic E-state index is 0. The smallest absolute Gasteiger partial charge is 0.573 e. The first kappa shape index (κ1) is 54.0. The van der Waals surface area contributed by atoms with Gasteiger partial charge in [0.15, 0.2) is 11.5 Å². The molecular formula is C47H47N7O10Tc+. The number of carboxylic acids is 1. The first-order valence-corrected chi connectivity index (χ1v) is 19.8. The number of nitrogens with one attached hydrogen (secondary N) is 4. The van der Waals surface area contributed by atoms with Gasteiger partial charge in [0.05, 0.1) is 30.3 Å². The first-order valence-electron chi connectivity index (χ1n) is 19.8. The Hall–Kier alpha value is -7.14. The zero-order valence-electron chi connectivity index (χ0n) is 35.3. The van der Waals surface area contributed by atoms with E-state index in [-0.39, 0.29) is 45.6 Å². The maximum absolute atomic E-state index is 14.0. The van der Waals surface area contributed by atoms with Crippen LogP contribution in [0.25, 0.3) is 0 Å². The first-order chi connectivity index (χ1) is 31.2. The number of fused-ring (bicyclic) bond motifs is 1. The van der Waals surface area contributed by atoms with E-state index in [1.54, 1.807) is 54.9 Å². The van der Waals surface area contributed by atoms with Crippen LogP contribution < -0.4 is 30.7 Å². The number of urea groups is 1. The van der Waals surface area contributed by atoms with Gasteiger partial charge in [0.25, 0.3) is 0 Å². The minimum atomic E-state index is -1.10. The molecule has 0 saturated carbocycles. The Morgan fingerprint density at radius 3 is 1.95 bits per heavy atom. The number of para-hydroxylation sites is 1. The van der Waals surface area contributed by atoms with Gasteiger partial charge in [0.1, 0.15) is 6.04 Å². The topological polar surface area (TPSA) is 235 Å². The van der Waals surface area contributed by atoms with E-state index in [1.165, 1.54) is 0 Å². The largest absolute Gasteiger partial charge is 4.00 e. The predicted octanol–water partition coefficient (Wildman–Crippen LogP) is 5.20. The van der Waals surface area contributed by atoms with E-state index in [4.69, 9.17) is 23.9 Å². The number of pyridine rings is 2. The second-order valence-electron chi connectivity index (χ2n) is 14.0. The fraction of sp³-hybridized carbons (Fsp3) is 0.255. The van der Waals surface area contributed by atoms with Crippen LogP contribution in [0.5, 0.6) is 11.5 Å². The van der Waals surface area contributed by atoms with Crippen molar-refractivity contribution in [3.05, 3.63) is 144 Å². The van der Waals surface area contributed by atoms with Crippen LogP contribution in [0.4, 0.5) is 16.2 Å². The summed E-state index contributed by atoms with van der Waals surface area (Å²) >= 11 is 0. The third-order valence-electron chi connectivity index (χ3n) is 9.56.